The van der Waals surface area contributed by atoms with Crippen LogP contribution in [0.15, 0.2) is 30.3 Å². The highest BCUT2D eigenvalue weighted by molar-refractivity contribution is 5.65. The summed E-state index contributed by atoms with van der Waals surface area (Å²) < 4.78 is 41.1. The van der Waals surface area contributed by atoms with E-state index in [4.69, 9.17) is 5.84 Å². The Morgan fingerprint density at radius 2 is 1.90 bits per heavy atom. The molecule has 0 amide bonds. The SMILES string of the molecule is Cc1cc(NN)nc(-c2ccccc2OC(F)(F)F)n1. The Morgan fingerprint density at radius 3 is 2.55 bits per heavy atom. The zero-order valence-corrected chi connectivity index (χ0v) is 10.4. The van der Waals surface area contributed by atoms with Gasteiger partial charge >= 0.3 is 6.36 Å². The molecule has 0 radical (unpaired) electrons. The molecule has 20 heavy (non-hydrogen) atoms. The molecule has 2 aromatic rings. The second kappa shape index (κ2) is 5.33. The number of anilines is 1. The summed E-state index contributed by atoms with van der Waals surface area (Å²) in [5, 5.41) is 0. The van der Waals surface area contributed by atoms with Gasteiger partial charge in [-0.2, -0.15) is 0 Å². The molecule has 0 aliphatic carbocycles. The Balaban J connectivity index is 2.50. The molecule has 1 heterocycles. The summed E-state index contributed by atoms with van der Waals surface area (Å²) in [4.78, 5) is 8.11. The predicted molar refractivity (Wildman–Crippen MR) is 66.7 cm³/mol. The van der Waals surface area contributed by atoms with Crippen molar-refractivity contribution >= 4 is 5.82 Å². The third kappa shape index (κ3) is 3.35. The van der Waals surface area contributed by atoms with Crippen molar-refractivity contribution in [1.29, 1.82) is 0 Å². The van der Waals surface area contributed by atoms with Gasteiger partial charge in [-0.05, 0) is 19.1 Å². The molecule has 1 aromatic heterocycles. The van der Waals surface area contributed by atoms with Crippen LogP contribution in [0.1, 0.15) is 5.69 Å². The summed E-state index contributed by atoms with van der Waals surface area (Å²) in [5.41, 5.74) is 3.02. The Morgan fingerprint density at radius 1 is 1.20 bits per heavy atom. The fraction of sp³-hybridized carbons (Fsp3) is 0.167. The van der Waals surface area contributed by atoms with Crippen molar-refractivity contribution < 1.29 is 17.9 Å². The molecule has 3 N–H and O–H groups in total. The molecule has 106 valence electrons. The largest absolute Gasteiger partial charge is 0.573 e. The highest BCUT2D eigenvalue weighted by Crippen LogP contribution is 2.32. The van der Waals surface area contributed by atoms with Crippen LogP contribution in [0.25, 0.3) is 11.4 Å². The molecule has 0 fully saturated rings. The van der Waals surface area contributed by atoms with Crippen LogP contribution in [0, 0.1) is 6.92 Å². The minimum Gasteiger partial charge on any atom is -0.405 e. The number of hydrogen-bond acceptors (Lipinski definition) is 5. The number of nitrogen functional groups attached to an aromatic ring is 1. The summed E-state index contributed by atoms with van der Waals surface area (Å²) in [6.07, 6.45) is -4.78. The van der Waals surface area contributed by atoms with Crippen molar-refractivity contribution in [2.45, 2.75) is 13.3 Å². The number of hydrazine groups is 1. The quantitative estimate of drug-likeness (QED) is 0.669. The number of para-hydroxylation sites is 1. The summed E-state index contributed by atoms with van der Waals surface area (Å²) in [5.74, 6) is 5.28. The smallest absolute Gasteiger partial charge is 0.405 e. The van der Waals surface area contributed by atoms with E-state index in [0.29, 0.717) is 11.5 Å². The van der Waals surface area contributed by atoms with E-state index < -0.39 is 6.36 Å². The average Bonchev–Trinajstić information content (AvgIpc) is 2.36. The number of alkyl halides is 3. The predicted octanol–water partition coefficient (Wildman–Crippen LogP) is 2.64. The van der Waals surface area contributed by atoms with Crippen LogP contribution >= 0.6 is 0 Å². The van der Waals surface area contributed by atoms with Crippen molar-refractivity contribution in [2.75, 3.05) is 5.43 Å². The third-order valence-corrected chi connectivity index (χ3v) is 2.36. The van der Waals surface area contributed by atoms with Gasteiger partial charge in [-0.3, -0.25) is 0 Å². The number of nitrogens with one attached hydrogen (secondary N) is 1. The molecule has 0 aliphatic heterocycles. The summed E-state index contributed by atoms with van der Waals surface area (Å²) in [7, 11) is 0. The normalized spacial score (nSPS) is 11.2. The molecule has 5 nitrogen and oxygen atoms in total. The maximum Gasteiger partial charge on any atom is 0.573 e. The molecule has 8 heteroatoms. The molecule has 0 bridgehead atoms. The molecule has 0 aliphatic rings. The number of aryl methyl sites for hydroxylation is 1. The highest BCUT2D eigenvalue weighted by atomic mass is 19.4. The topological polar surface area (TPSA) is 73.1 Å². The first-order chi connectivity index (χ1) is 9.39. The van der Waals surface area contributed by atoms with Crippen LogP contribution in [-0.2, 0) is 0 Å². The molecule has 2 rings (SSSR count). The van der Waals surface area contributed by atoms with Crippen molar-refractivity contribution in [3.05, 3.63) is 36.0 Å². The van der Waals surface area contributed by atoms with Gasteiger partial charge in [-0.15, -0.1) is 13.2 Å². The van der Waals surface area contributed by atoms with Crippen LogP contribution in [0.2, 0.25) is 0 Å². The van der Waals surface area contributed by atoms with Gasteiger partial charge in [0.1, 0.15) is 11.6 Å². The molecule has 0 unspecified atom stereocenters. The van der Waals surface area contributed by atoms with E-state index in [-0.39, 0.29) is 17.1 Å². The molecule has 0 saturated carbocycles. The van der Waals surface area contributed by atoms with Gasteiger partial charge in [0.25, 0.3) is 0 Å². The number of aromatic nitrogens is 2. The minimum atomic E-state index is -4.78. The van der Waals surface area contributed by atoms with E-state index in [1.807, 2.05) is 0 Å². The molecule has 0 saturated heterocycles. The first kappa shape index (κ1) is 14.1. The highest BCUT2D eigenvalue weighted by Gasteiger charge is 2.32. The first-order valence-corrected chi connectivity index (χ1v) is 5.56. The number of ether oxygens (including phenoxy) is 1. The molecular formula is C12H11F3N4O. The Kier molecular flexibility index (Phi) is 3.75. The van der Waals surface area contributed by atoms with Gasteiger partial charge in [0.2, 0.25) is 0 Å². The van der Waals surface area contributed by atoms with Crippen LogP contribution < -0.4 is 16.0 Å². The van der Waals surface area contributed by atoms with E-state index in [0.717, 1.165) is 0 Å². The third-order valence-electron chi connectivity index (χ3n) is 2.36. The van der Waals surface area contributed by atoms with Gasteiger partial charge in [-0.1, -0.05) is 12.1 Å². The van der Waals surface area contributed by atoms with E-state index in [1.54, 1.807) is 19.1 Å². The van der Waals surface area contributed by atoms with Crippen LogP contribution in [0.5, 0.6) is 5.75 Å². The second-order valence-corrected chi connectivity index (χ2v) is 3.91. The molecular weight excluding hydrogens is 273 g/mol. The Hall–Kier alpha value is -2.35. The number of halogens is 3. The van der Waals surface area contributed by atoms with E-state index in [2.05, 4.69) is 20.1 Å². The van der Waals surface area contributed by atoms with Crippen molar-refractivity contribution in [3.8, 4) is 17.1 Å². The maximum atomic E-state index is 12.4. The molecule has 1 aromatic carbocycles. The number of nitrogens with zero attached hydrogens (tertiary/aromatic N) is 2. The fourth-order valence-corrected chi connectivity index (χ4v) is 1.63. The molecule has 0 spiro atoms. The summed E-state index contributed by atoms with van der Waals surface area (Å²) in [6.45, 7) is 1.68. The lowest BCUT2D eigenvalue weighted by molar-refractivity contribution is -0.274. The van der Waals surface area contributed by atoms with Gasteiger partial charge < -0.3 is 10.2 Å². The zero-order chi connectivity index (χ0) is 14.8. The van der Waals surface area contributed by atoms with Crippen LogP contribution in [0.3, 0.4) is 0 Å². The van der Waals surface area contributed by atoms with E-state index in [1.165, 1.54) is 18.2 Å². The van der Waals surface area contributed by atoms with Gasteiger partial charge in [-0.25, -0.2) is 15.8 Å². The lowest BCUT2D eigenvalue weighted by Crippen LogP contribution is -2.18. The van der Waals surface area contributed by atoms with Crippen LogP contribution in [0.4, 0.5) is 19.0 Å². The van der Waals surface area contributed by atoms with Gasteiger partial charge in [0.05, 0.1) is 5.56 Å². The minimum absolute atomic E-state index is 0.0952. The lowest BCUT2D eigenvalue weighted by atomic mass is 10.2. The van der Waals surface area contributed by atoms with Crippen molar-refractivity contribution in [1.82, 2.24) is 9.97 Å². The summed E-state index contributed by atoms with van der Waals surface area (Å²) in [6, 6.07) is 7.21. The average molecular weight is 284 g/mol. The number of hydrogen-bond donors (Lipinski definition) is 2. The van der Waals surface area contributed by atoms with Crippen molar-refractivity contribution in [3.63, 3.8) is 0 Å². The standard InChI is InChI=1S/C12H11F3N4O/c1-7-6-10(19-16)18-11(17-7)8-4-2-3-5-9(8)20-12(13,14)15/h2-6H,16H2,1H3,(H,17,18,19). The van der Waals surface area contributed by atoms with Gasteiger partial charge in [0.15, 0.2) is 5.82 Å². The number of benzene rings is 1. The van der Waals surface area contributed by atoms with E-state index >= 15 is 0 Å². The van der Waals surface area contributed by atoms with E-state index in [9.17, 15) is 13.2 Å². The summed E-state index contributed by atoms with van der Waals surface area (Å²) >= 11 is 0. The second-order valence-electron chi connectivity index (χ2n) is 3.91. The fourth-order valence-electron chi connectivity index (χ4n) is 1.63. The monoisotopic (exact) mass is 284 g/mol. The van der Waals surface area contributed by atoms with Crippen molar-refractivity contribution in [2.24, 2.45) is 5.84 Å². The lowest BCUT2D eigenvalue weighted by Gasteiger charge is -2.13. The first-order valence-electron chi connectivity index (χ1n) is 5.56. The van der Waals surface area contributed by atoms with Crippen LogP contribution in [-0.4, -0.2) is 16.3 Å². The number of nitrogens with two attached hydrogens (primary N) is 1. The molecule has 0 atom stereocenters. The zero-order valence-electron chi connectivity index (χ0n) is 10.4. The number of rotatable bonds is 3. The van der Waals surface area contributed by atoms with Gasteiger partial charge in [0, 0.05) is 11.8 Å². The Bertz CT molecular complexity index is 616. The Labute approximate surface area is 112 Å². The maximum absolute atomic E-state index is 12.4.